The summed E-state index contributed by atoms with van der Waals surface area (Å²) in [6.07, 6.45) is 2.60. The average molecular weight is 452 g/mol. The molecule has 0 unspecified atom stereocenters. The number of benzene rings is 1. The molecule has 3 heterocycles. The Labute approximate surface area is 192 Å². The number of rotatable bonds is 8. The van der Waals surface area contributed by atoms with Crippen LogP contribution in [0, 0.1) is 6.92 Å². The Bertz CT molecular complexity index is 1120. The molecule has 0 spiro atoms. The molecule has 1 aromatic carbocycles. The summed E-state index contributed by atoms with van der Waals surface area (Å²) in [5, 5.41) is 13.3. The quantitative estimate of drug-likeness (QED) is 0.386. The fourth-order valence-electron chi connectivity index (χ4n) is 4.06. The lowest BCUT2D eigenvalue weighted by Crippen LogP contribution is -2.31. The van der Waals surface area contributed by atoms with Gasteiger partial charge in [-0.15, -0.1) is 0 Å². The van der Waals surface area contributed by atoms with Crippen molar-refractivity contribution < 1.29 is 19.1 Å². The second-order valence-corrected chi connectivity index (χ2v) is 8.09. The van der Waals surface area contributed by atoms with Crippen molar-refractivity contribution in [1.82, 2.24) is 15.2 Å². The summed E-state index contributed by atoms with van der Waals surface area (Å²) in [7, 11) is 1.69. The van der Waals surface area contributed by atoms with Crippen LogP contribution in [0.3, 0.4) is 0 Å². The van der Waals surface area contributed by atoms with Crippen LogP contribution in [0.15, 0.2) is 59.1 Å². The number of carboxylic acids is 1. The molecule has 2 aromatic heterocycles. The summed E-state index contributed by atoms with van der Waals surface area (Å²) in [5.74, 6) is 0.501. The van der Waals surface area contributed by atoms with E-state index in [-0.39, 0.29) is 17.6 Å². The largest absolute Gasteiger partial charge is 0.478 e. The molecule has 8 heteroatoms. The first kappa shape index (κ1) is 22.0. The number of nitrogens with one attached hydrogen (secondary N) is 1. The topological polar surface area (TPSA) is 87.8 Å². The van der Waals surface area contributed by atoms with Crippen LogP contribution in [0.1, 0.15) is 45.9 Å². The maximum absolute atomic E-state index is 11.3. The van der Waals surface area contributed by atoms with Crippen LogP contribution in [0.2, 0.25) is 0 Å². The lowest BCUT2D eigenvalue weighted by atomic mass is 10.0. The van der Waals surface area contributed by atoms with E-state index in [9.17, 15) is 9.90 Å². The summed E-state index contributed by atoms with van der Waals surface area (Å²) < 4.78 is 11.5. The van der Waals surface area contributed by atoms with E-state index < -0.39 is 5.97 Å². The van der Waals surface area contributed by atoms with Crippen molar-refractivity contribution >= 4 is 23.3 Å². The molecular weight excluding hydrogens is 426 g/mol. The van der Waals surface area contributed by atoms with E-state index in [4.69, 9.17) is 21.4 Å². The van der Waals surface area contributed by atoms with E-state index in [0.717, 1.165) is 35.5 Å². The minimum Gasteiger partial charge on any atom is -0.478 e. The predicted molar refractivity (Wildman–Crippen MR) is 124 cm³/mol. The third kappa shape index (κ3) is 4.37. The lowest BCUT2D eigenvalue weighted by molar-refractivity contribution is 0.0697. The number of hydrogen-bond acceptors (Lipinski definition) is 5. The smallest absolute Gasteiger partial charge is 0.335 e. The number of carbonyl (C=O) groups is 1. The Hall–Kier alpha value is -3.23. The Morgan fingerprint density at radius 1 is 1.28 bits per heavy atom. The molecule has 3 aromatic rings. The molecule has 7 nitrogen and oxygen atoms in total. The molecule has 1 aliphatic heterocycles. The zero-order chi connectivity index (χ0) is 22.7. The van der Waals surface area contributed by atoms with Crippen LogP contribution in [0.5, 0.6) is 0 Å². The van der Waals surface area contributed by atoms with Gasteiger partial charge in [-0.25, -0.2) is 4.79 Å². The van der Waals surface area contributed by atoms with Gasteiger partial charge < -0.3 is 24.5 Å². The Kier molecular flexibility index (Phi) is 6.53. The minimum atomic E-state index is -0.949. The third-order valence-electron chi connectivity index (χ3n) is 5.60. The van der Waals surface area contributed by atoms with Gasteiger partial charge >= 0.3 is 5.97 Å². The SMILES string of the molecule is COCCCN1C(=S)N[C@@H](c2ccccn2)[C@@H]1c1ccc(-c2ccc(C(=O)O)cc2C)o1. The second kappa shape index (κ2) is 9.50. The van der Waals surface area contributed by atoms with E-state index in [1.54, 1.807) is 31.5 Å². The number of aryl methyl sites for hydroxylation is 1. The van der Waals surface area contributed by atoms with Gasteiger partial charge in [-0.2, -0.15) is 0 Å². The molecule has 0 radical (unpaired) electrons. The number of ether oxygens (including phenoxy) is 1. The number of thiocarbonyl (C=S) groups is 1. The highest BCUT2D eigenvalue weighted by Crippen LogP contribution is 2.40. The molecule has 0 bridgehead atoms. The van der Waals surface area contributed by atoms with Crippen LogP contribution in [-0.4, -0.2) is 46.3 Å². The summed E-state index contributed by atoms with van der Waals surface area (Å²) in [6, 6.07) is 14.4. The normalized spacial score (nSPS) is 18.1. The number of furan rings is 1. The summed E-state index contributed by atoms with van der Waals surface area (Å²) in [5.41, 5.74) is 2.83. The van der Waals surface area contributed by atoms with Crippen molar-refractivity contribution in [1.29, 1.82) is 0 Å². The highest BCUT2D eigenvalue weighted by atomic mass is 32.1. The molecule has 2 N–H and O–H groups in total. The van der Waals surface area contributed by atoms with Gasteiger partial charge in [0.25, 0.3) is 0 Å². The van der Waals surface area contributed by atoms with Crippen molar-refractivity contribution in [3.05, 3.63) is 77.3 Å². The van der Waals surface area contributed by atoms with Gasteiger partial charge in [0, 0.05) is 32.0 Å². The van der Waals surface area contributed by atoms with Crippen LogP contribution in [-0.2, 0) is 4.74 Å². The van der Waals surface area contributed by atoms with Gasteiger partial charge in [0.05, 0.1) is 17.3 Å². The number of pyridine rings is 1. The van der Waals surface area contributed by atoms with Crippen molar-refractivity contribution in [2.24, 2.45) is 0 Å². The van der Waals surface area contributed by atoms with E-state index in [1.807, 2.05) is 37.3 Å². The standard InChI is InChI=1S/C24H25N3O4S/c1-15-14-16(23(28)29)7-8-17(15)19-9-10-20(31-19)22-21(18-6-3-4-11-25-18)26-24(32)27(22)12-5-13-30-2/h3-4,6-11,14,21-22H,5,12-13H2,1-2H3,(H,26,32)(H,28,29)/t21-,22-/m0/s1. The Morgan fingerprint density at radius 3 is 2.81 bits per heavy atom. The average Bonchev–Trinajstić information content (AvgIpc) is 3.39. The monoisotopic (exact) mass is 451 g/mol. The number of hydrogen-bond donors (Lipinski definition) is 2. The molecule has 0 saturated carbocycles. The number of methoxy groups -OCH3 is 1. The molecule has 1 fully saturated rings. The molecule has 4 rings (SSSR count). The third-order valence-corrected chi connectivity index (χ3v) is 5.95. The second-order valence-electron chi connectivity index (χ2n) is 7.70. The van der Waals surface area contributed by atoms with Crippen molar-refractivity contribution in [2.45, 2.75) is 25.4 Å². The van der Waals surface area contributed by atoms with Crippen LogP contribution in [0.25, 0.3) is 11.3 Å². The van der Waals surface area contributed by atoms with E-state index >= 15 is 0 Å². The fourth-order valence-corrected chi connectivity index (χ4v) is 4.40. The maximum Gasteiger partial charge on any atom is 0.335 e. The number of nitrogens with zero attached hydrogens (tertiary/aromatic N) is 2. The summed E-state index contributed by atoms with van der Waals surface area (Å²) in [4.78, 5) is 17.9. The van der Waals surface area contributed by atoms with Crippen LogP contribution in [0.4, 0.5) is 0 Å². The van der Waals surface area contributed by atoms with Gasteiger partial charge in [0.15, 0.2) is 5.11 Å². The molecule has 32 heavy (non-hydrogen) atoms. The van der Waals surface area contributed by atoms with Crippen molar-refractivity contribution in [2.75, 3.05) is 20.3 Å². The maximum atomic E-state index is 11.3. The summed E-state index contributed by atoms with van der Waals surface area (Å²) in [6.45, 7) is 3.23. The van der Waals surface area contributed by atoms with Crippen LogP contribution < -0.4 is 5.32 Å². The van der Waals surface area contributed by atoms with Crippen molar-refractivity contribution in [3.63, 3.8) is 0 Å². The van der Waals surface area contributed by atoms with Gasteiger partial charge in [-0.1, -0.05) is 12.1 Å². The lowest BCUT2D eigenvalue weighted by Gasteiger charge is -2.26. The van der Waals surface area contributed by atoms with Gasteiger partial charge in [0.2, 0.25) is 0 Å². The first-order chi connectivity index (χ1) is 15.5. The molecule has 166 valence electrons. The highest BCUT2D eigenvalue weighted by molar-refractivity contribution is 7.80. The first-order valence-electron chi connectivity index (χ1n) is 10.4. The number of aromatic nitrogens is 1. The van der Waals surface area contributed by atoms with Crippen LogP contribution >= 0.6 is 12.2 Å². The molecule has 0 aliphatic carbocycles. The Balaban J connectivity index is 1.69. The molecule has 0 amide bonds. The minimum absolute atomic E-state index is 0.152. The Morgan fingerprint density at radius 2 is 2.12 bits per heavy atom. The summed E-state index contributed by atoms with van der Waals surface area (Å²) >= 11 is 5.65. The van der Waals surface area contributed by atoms with E-state index in [0.29, 0.717) is 17.5 Å². The van der Waals surface area contributed by atoms with Crippen molar-refractivity contribution in [3.8, 4) is 11.3 Å². The molecule has 1 aliphatic rings. The predicted octanol–water partition coefficient (Wildman–Crippen LogP) is 4.36. The molecule has 1 saturated heterocycles. The zero-order valence-corrected chi connectivity index (χ0v) is 18.8. The van der Waals surface area contributed by atoms with Gasteiger partial charge in [-0.3, -0.25) is 4.98 Å². The van der Waals surface area contributed by atoms with E-state index in [2.05, 4.69) is 15.2 Å². The van der Waals surface area contributed by atoms with Gasteiger partial charge in [0.1, 0.15) is 17.6 Å². The molecular formula is C24H25N3O4S. The fraction of sp³-hybridized carbons (Fsp3) is 0.292. The van der Waals surface area contributed by atoms with E-state index in [1.165, 1.54) is 0 Å². The zero-order valence-electron chi connectivity index (χ0n) is 17.9. The highest BCUT2D eigenvalue weighted by Gasteiger charge is 2.41. The number of carboxylic acid groups (broad SMARTS) is 1. The first-order valence-corrected chi connectivity index (χ1v) is 10.8. The van der Waals surface area contributed by atoms with Gasteiger partial charge in [-0.05, 0) is 67.5 Å². The number of aromatic carboxylic acids is 1. The molecule has 2 atom stereocenters.